The number of aromatic nitrogens is 3. The summed E-state index contributed by atoms with van der Waals surface area (Å²) >= 11 is 0. The number of nitrogens with zero attached hydrogens (tertiary/aromatic N) is 2. The van der Waals surface area contributed by atoms with Gasteiger partial charge in [-0.05, 0) is 55.2 Å². The van der Waals surface area contributed by atoms with Gasteiger partial charge in [0.1, 0.15) is 36.1 Å². The summed E-state index contributed by atoms with van der Waals surface area (Å²) < 4.78 is 18.0. The predicted octanol–water partition coefficient (Wildman–Crippen LogP) is 5.15. The Labute approximate surface area is 181 Å². The van der Waals surface area contributed by atoms with E-state index in [1.165, 1.54) is 6.42 Å². The van der Waals surface area contributed by atoms with Crippen molar-refractivity contribution in [3.63, 3.8) is 0 Å². The Balaban J connectivity index is 1.41. The van der Waals surface area contributed by atoms with Crippen LogP contribution in [-0.4, -0.2) is 34.3 Å². The van der Waals surface area contributed by atoms with Crippen molar-refractivity contribution in [2.24, 2.45) is 0 Å². The van der Waals surface area contributed by atoms with E-state index in [-0.39, 0.29) is 6.10 Å². The molecule has 5 rings (SSSR count). The van der Waals surface area contributed by atoms with E-state index >= 15 is 0 Å². The van der Waals surface area contributed by atoms with Gasteiger partial charge in [0, 0.05) is 12.8 Å². The minimum absolute atomic E-state index is 0.132. The van der Waals surface area contributed by atoms with Gasteiger partial charge in [-0.2, -0.15) is 0 Å². The Bertz CT molecular complexity index is 1100. The molecular weight excluding hydrogens is 390 g/mol. The maximum atomic E-state index is 6.18. The molecule has 0 aliphatic carbocycles. The predicted molar refractivity (Wildman–Crippen MR) is 119 cm³/mol. The number of hydrogen-bond donors (Lipinski definition) is 1. The Hall–Kier alpha value is -3.38. The highest BCUT2D eigenvalue weighted by atomic mass is 16.5. The number of imidazole rings is 1. The molecule has 3 heterocycles. The van der Waals surface area contributed by atoms with E-state index in [0.29, 0.717) is 19.0 Å². The van der Waals surface area contributed by atoms with Gasteiger partial charge < -0.3 is 19.2 Å². The molecule has 0 radical (unpaired) electrons. The van der Waals surface area contributed by atoms with Gasteiger partial charge in [0.05, 0.1) is 11.7 Å². The van der Waals surface area contributed by atoms with Crippen LogP contribution in [0.1, 0.15) is 24.8 Å². The van der Waals surface area contributed by atoms with Gasteiger partial charge in [-0.25, -0.2) is 9.97 Å². The lowest BCUT2D eigenvalue weighted by Crippen LogP contribution is -2.25. The fraction of sp³-hybridized carbons (Fsp3) is 0.280. The maximum absolute atomic E-state index is 6.18. The first kappa shape index (κ1) is 19.6. The van der Waals surface area contributed by atoms with E-state index in [1.54, 1.807) is 6.20 Å². The monoisotopic (exact) mass is 415 g/mol. The van der Waals surface area contributed by atoms with Gasteiger partial charge in [-0.3, -0.25) is 0 Å². The smallest absolute Gasteiger partial charge is 0.157 e. The molecule has 1 N–H and O–H groups in total. The number of fused-ring (bicyclic) bond motifs is 1. The molecule has 31 heavy (non-hydrogen) atoms. The van der Waals surface area contributed by atoms with E-state index < -0.39 is 0 Å². The second-order valence-electron chi connectivity index (χ2n) is 7.69. The summed E-state index contributed by atoms with van der Waals surface area (Å²) in [7, 11) is 0. The lowest BCUT2D eigenvalue weighted by molar-refractivity contribution is -0.0109. The Morgan fingerprint density at radius 2 is 1.94 bits per heavy atom. The average Bonchev–Trinajstić information content (AvgIpc) is 3.27. The van der Waals surface area contributed by atoms with Crippen LogP contribution in [0, 0.1) is 0 Å². The van der Waals surface area contributed by atoms with Crippen molar-refractivity contribution in [1.82, 2.24) is 15.0 Å². The second-order valence-corrected chi connectivity index (χ2v) is 7.69. The highest BCUT2D eigenvalue weighted by molar-refractivity contribution is 5.78. The number of hydrogen-bond acceptors (Lipinski definition) is 5. The van der Waals surface area contributed by atoms with Crippen molar-refractivity contribution < 1.29 is 14.2 Å². The van der Waals surface area contributed by atoms with Crippen molar-refractivity contribution in [2.45, 2.75) is 32.0 Å². The maximum Gasteiger partial charge on any atom is 0.157 e. The van der Waals surface area contributed by atoms with Crippen LogP contribution in [0.25, 0.3) is 22.6 Å². The molecule has 2 aromatic carbocycles. The Morgan fingerprint density at radius 1 is 1.00 bits per heavy atom. The summed E-state index contributed by atoms with van der Waals surface area (Å²) in [6.45, 7) is 1.83. The number of pyridine rings is 1. The molecule has 4 aromatic rings. The summed E-state index contributed by atoms with van der Waals surface area (Å²) in [5.41, 5.74) is 3.52. The fourth-order valence-corrected chi connectivity index (χ4v) is 3.74. The van der Waals surface area contributed by atoms with Crippen LogP contribution >= 0.6 is 0 Å². The normalized spacial score (nSPS) is 16.3. The Morgan fingerprint density at radius 3 is 2.77 bits per heavy atom. The SMILES string of the molecule is c1ccc(COc2ccc(OCC3CCCCO3)c(-c3nc4cccnc4[nH]3)c2)cc1. The van der Waals surface area contributed by atoms with Crippen molar-refractivity contribution in [3.05, 3.63) is 72.4 Å². The second kappa shape index (κ2) is 9.18. The molecule has 158 valence electrons. The molecule has 1 aliphatic rings. The summed E-state index contributed by atoms with van der Waals surface area (Å²) in [5, 5.41) is 0. The van der Waals surface area contributed by atoms with E-state index in [2.05, 4.69) is 9.97 Å². The molecular formula is C25H25N3O3. The van der Waals surface area contributed by atoms with Gasteiger partial charge in [-0.1, -0.05) is 30.3 Å². The first-order valence-corrected chi connectivity index (χ1v) is 10.7. The van der Waals surface area contributed by atoms with Crippen LogP contribution < -0.4 is 9.47 Å². The van der Waals surface area contributed by atoms with Crippen LogP contribution in [0.15, 0.2) is 66.9 Å². The van der Waals surface area contributed by atoms with Crippen LogP contribution in [0.5, 0.6) is 11.5 Å². The van der Waals surface area contributed by atoms with Crippen molar-refractivity contribution >= 4 is 11.2 Å². The minimum atomic E-state index is 0.132. The number of ether oxygens (including phenoxy) is 3. The molecule has 0 spiro atoms. The molecule has 2 aromatic heterocycles. The van der Waals surface area contributed by atoms with E-state index in [1.807, 2.05) is 60.7 Å². The van der Waals surface area contributed by atoms with E-state index in [9.17, 15) is 0 Å². The molecule has 1 atom stereocenters. The van der Waals surface area contributed by atoms with E-state index in [4.69, 9.17) is 19.2 Å². The third-order valence-electron chi connectivity index (χ3n) is 5.41. The van der Waals surface area contributed by atoms with Crippen LogP contribution in [0.2, 0.25) is 0 Å². The highest BCUT2D eigenvalue weighted by Gasteiger charge is 2.18. The zero-order valence-electron chi connectivity index (χ0n) is 17.3. The van der Waals surface area contributed by atoms with Gasteiger partial charge in [-0.15, -0.1) is 0 Å². The highest BCUT2D eigenvalue weighted by Crippen LogP contribution is 2.33. The zero-order chi connectivity index (χ0) is 20.9. The van der Waals surface area contributed by atoms with Gasteiger partial charge in [0.2, 0.25) is 0 Å². The number of aromatic amines is 1. The van der Waals surface area contributed by atoms with Crippen LogP contribution in [0.3, 0.4) is 0 Å². The molecule has 6 nitrogen and oxygen atoms in total. The molecule has 1 saturated heterocycles. The molecule has 0 bridgehead atoms. The molecule has 1 fully saturated rings. The average molecular weight is 415 g/mol. The van der Waals surface area contributed by atoms with Gasteiger partial charge in [0.15, 0.2) is 5.65 Å². The third kappa shape index (κ3) is 4.70. The molecule has 6 heteroatoms. The first-order chi connectivity index (χ1) is 15.3. The number of nitrogens with one attached hydrogen (secondary N) is 1. The van der Waals surface area contributed by atoms with Crippen molar-refractivity contribution in [2.75, 3.05) is 13.2 Å². The first-order valence-electron chi connectivity index (χ1n) is 10.7. The van der Waals surface area contributed by atoms with Gasteiger partial charge in [0.25, 0.3) is 0 Å². The Kier molecular flexibility index (Phi) is 5.80. The van der Waals surface area contributed by atoms with Crippen LogP contribution in [0.4, 0.5) is 0 Å². The van der Waals surface area contributed by atoms with Crippen molar-refractivity contribution in [3.8, 4) is 22.9 Å². The topological polar surface area (TPSA) is 69.3 Å². The van der Waals surface area contributed by atoms with Gasteiger partial charge >= 0.3 is 0 Å². The number of rotatable bonds is 7. The lowest BCUT2D eigenvalue weighted by atomic mass is 10.1. The molecule has 0 saturated carbocycles. The summed E-state index contributed by atoms with van der Waals surface area (Å²) in [6.07, 6.45) is 5.22. The summed E-state index contributed by atoms with van der Waals surface area (Å²) in [6, 6.07) is 19.8. The fourth-order valence-electron chi connectivity index (χ4n) is 3.74. The zero-order valence-corrected chi connectivity index (χ0v) is 17.3. The minimum Gasteiger partial charge on any atom is -0.490 e. The largest absolute Gasteiger partial charge is 0.490 e. The number of benzene rings is 2. The summed E-state index contributed by atoms with van der Waals surface area (Å²) in [4.78, 5) is 12.4. The summed E-state index contributed by atoms with van der Waals surface area (Å²) in [5.74, 6) is 2.22. The lowest BCUT2D eigenvalue weighted by Gasteiger charge is -2.23. The molecule has 0 amide bonds. The molecule has 1 unspecified atom stereocenters. The van der Waals surface area contributed by atoms with E-state index in [0.717, 1.165) is 53.2 Å². The van der Waals surface area contributed by atoms with Crippen LogP contribution in [-0.2, 0) is 11.3 Å². The number of H-pyrrole nitrogens is 1. The third-order valence-corrected chi connectivity index (χ3v) is 5.41. The van der Waals surface area contributed by atoms with Crippen molar-refractivity contribution in [1.29, 1.82) is 0 Å². The quantitative estimate of drug-likeness (QED) is 0.452. The molecule has 1 aliphatic heterocycles. The standard InChI is InChI=1S/C25H25N3O3/c1-2-7-18(8-3-1)16-30-19-11-12-23(31-17-20-9-4-5-14-29-20)21(15-19)24-27-22-10-6-13-26-25(22)28-24/h1-3,6-8,10-13,15,20H,4-5,9,14,16-17H2,(H,26,27,28).